The molecule has 13 nitrogen and oxygen atoms in total. The molecule has 2 heterocycles. The highest BCUT2D eigenvalue weighted by Gasteiger charge is 2.66. The molecule has 0 aliphatic heterocycles. The highest BCUT2D eigenvalue weighted by Crippen LogP contribution is 2.72. The summed E-state index contributed by atoms with van der Waals surface area (Å²) in [5.74, 6) is -1.99. The van der Waals surface area contributed by atoms with Crippen molar-refractivity contribution in [2.75, 3.05) is 31.2 Å². The zero-order valence-corrected chi connectivity index (χ0v) is 30.9. The fourth-order valence-corrected chi connectivity index (χ4v) is 11.3. The van der Waals surface area contributed by atoms with Crippen LogP contribution in [-0.2, 0) is 36.0 Å². The molecular weight excluding hydrogens is 685 g/mol. The van der Waals surface area contributed by atoms with E-state index in [9.17, 15) is 36.1 Å². The number of hydrogen-bond acceptors (Lipinski definition) is 9. The molecule has 2 aromatic heterocycles. The Morgan fingerprint density at radius 3 is 2.34 bits per heavy atom. The second-order valence-corrected chi connectivity index (χ2v) is 19.4. The third kappa shape index (κ3) is 8.83. The predicted octanol–water partition coefficient (Wildman–Crippen LogP) is 4.92. The summed E-state index contributed by atoms with van der Waals surface area (Å²) in [7, 11) is -7.61. The van der Waals surface area contributed by atoms with Gasteiger partial charge >= 0.3 is 5.97 Å². The van der Waals surface area contributed by atoms with Crippen LogP contribution in [0.1, 0.15) is 94.2 Å². The van der Waals surface area contributed by atoms with Crippen LogP contribution in [0.2, 0.25) is 0 Å². The summed E-state index contributed by atoms with van der Waals surface area (Å²) < 4.78 is 64.7. The lowest BCUT2D eigenvalue weighted by molar-refractivity contribution is -0.248. The van der Waals surface area contributed by atoms with E-state index in [-0.39, 0.29) is 59.7 Å². The van der Waals surface area contributed by atoms with Crippen molar-refractivity contribution in [1.29, 1.82) is 0 Å². The molecule has 2 aromatic rings. The SMILES string of the molecule is C=CS(=O)(=O)CCCCCC(=O)N(CCOC12CC3(C)CC(C)(CC(Cn4ncc(-c5cccnc5C(=O)O)c4C)(C3)C1)C2)CCS(=O)(=O)O. The van der Waals surface area contributed by atoms with Gasteiger partial charge in [0.15, 0.2) is 15.5 Å². The Labute approximate surface area is 295 Å². The van der Waals surface area contributed by atoms with Crippen LogP contribution in [0, 0.1) is 23.2 Å². The molecule has 4 bridgehead atoms. The molecule has 276 valence electrons. The van der Waals surface area contributed by atoms with Crippen LogP contribution in [-0.4, -0.2) is 94.8 Å². The largest absolute Gasteiger partial charge is 0.476 e. The van der Waals surface area contributed by atoms with Crippen molar-refractivity contribution in [3.63, 3.8) is 0 Å². The molecule has 15 heteroatoms. The fraction of sp³-hybridized carbons (Fsp3) is 0.657. The summed E-state index contributed by atoms with van der Waals surface area (Å²) in [5, 5.41) is 15.4. The number of carbonyl (C=O) groups is 2. The first-order chi connectivity index (χ1) is 23.3. The summed E-state index contributed by atoms with van der Waals surface area (Å²) in [6.45, 7) is 10.8. The Bertz CT molecular complexity index is 1820. The first-order valence-corrected chi connectivity index (χ1v) is 20.5. The van der Waals surface area contributed by atoms with Gasteiger partial charge < -0.3 is 14.7 Å². The van der Waals surface area contributed by atoms with Crippen molar-refractivity contribution in [2.24, 2.45) is 16.2 Å². The minimum atomic E-state index is -4.30. The Kier molecular flexibility index (Phi) is 10.8. The molecule has 4 aliphatic carbocycles. The van der Waals surface area contributed by atoms with E-state index in [1.54, 1.807) is 18.3 Å². The Hall–Kier alpha value is -3.14. The Morgan fingerprint density at radius 2 is 1.70 bits per heavy atom. The summed E-state index contributed by atoms with van der Waals surface area (Å²) >= 11 is 0. The standard InChI is InChI=1S/C35H50N4O9S2/c1-5-49(43,44)16-8-6-7-11-29(40)38(14-17-50(45,46)47)13-15-48-35-22-32(3)19-33(4,23-35)21-34(20-32,24-35)25-39-26(2)28(18-37-39)27-10-9-12-36-30(27)31(41)42/h5,9-10,12,18H,1,6-8,11,13-17,19-25H2,2-4H3,(H,41,42)(H,45,46,47). The lowest BCUT2D eigenvalue weighted by atomic mass is 9.39. The highest BCUT2D eigenvalue weighted by atomic mass is 32.2. The quantitative estimate of drug-likeness (QED) is 0.156. The zero-order valence-electron chi connectivity index (χ0n) is 29.3. The minimum absolute atomic E-state index is 0.0135. The van der Waals surface area contributed by atoms with Crippen LogP contribution < -0.4 is 0 Å². The fourth-order valence-electron chi connectivity index (χ4n) is 10.1. The lowest BCUT2D eigenvalue weighted by Gasteiger charge is -2.69. The van der Waals surface area contributed by atoms with E-state index in [4.69, 9.17) is 9.84 Å². The van der Waals surface area contributed by atoms with Gasteiger partial charge in [-0.15, -0.1) is 0 Å². The predicted molar refractivity (Wildman–Crippen MR) is 188 cm³/mol. The second kappa shape index (κ2) is 14.1. The molecule has 0 saturated heterocycles. The monoisotopic (exact) mass is 734 g/mol. The molecule has 2 N–H and O–H groups in total. The van der Waals surface area contributed by atoms with Crippen molar-refractivity contribution in [3.8, 4) is 11.1 Å². The van der Waals surface area contributed by atoms with Gasteiger partial charge in [-0.2, -0.15) is 13.5 Å². The number of aromatic nitrogens is 3. The molecule has 0 aromatic carbocycles. The van der Waals surface area contributed by atoms with Gasteiger partial charge in [-0.1, -0.05) is 32.9 Å². The van der Waals surface area contributed by atoms with E-state index >= 15 is 0 Å². The molecule has 6 rings (SSSR count). The van der Waals surface area contributed by atoms with Crippen molar-refractivity contribution in [3.05, 3.63) is 47.9 Å². The number of carboxylic acid groups (broad SMARTS) is 1. The van der Waals surface area contributed by atoms with Crippen LogP contribution in [0.25, 0.3) is 11.1 Å². The van der Waals surface area contributed by atoms with Gasteiger partial charge in [-0.05, 0) is 80.6 Å². The van der Waals surface area contributed by atoms with Gasteiger partial charge in [0, 0.05) is 54.5 Å². The zero-order chi connectivity index (χ0) is 36.6. The van der Waals surface area contributed by atoms with E-state index in [0.717, 1.165) is 55.2 Å². The Morgan fingerprint density at radius 1 is 1.00 bits per heavy atom. The first-order valence-electron chi connectivity index (χ1n) is 17.2. The number of sulfone groups is 1. The molecule has 0 radical (unpaired) electrons. The van der Waals surface area contributed by atoms with Crippen molar-refractivity contribution in [2.45, 2.75) is 97.1 Å². The minimum Gasteiger partial charge on any atom is -0.476 e. The number of rotatable bonds is 18. The van der Waals surface area contributed by atoms with Gasteiger partial charge in [0.05, 0.1) is 29.9 Å². The molecule has 2 atom stereocenters. The van der Waals surface area contributed by atoms with Crippen molar-refractivity contribution >= 4 is 31.8 Å². The maximum atomic E-state index is 13.2. The van der Waals surface area contributed by atoms with Gasteiger partial charge in [0.25, 0.3) is 10.1 Å². The summed E-state index contributed by atoms with van der Waals surface area (Å²) in [4.78, 5) is 30.6. The smallest absolute Gasteiger partial charge is 0.355 e. The number of aromatic carboxylic acids is 1. The van der Waals surface area contributed by atoms with Gasteiger partial charge in [-0.3, -0.25) is 14.0 Å². The molecule has 50 heavy (non-hydrogen) atoms. The van der Waals surface area contributed by atoms with Gasteiger partial charge in [0.1, 0.15) is 0 Å². The number of amides is 1. The third-order valence-electron chi connectivity index (χ3n) is 10.9. The van der Waals surface area contributed by atoms with E-state index in [1.165, 1.54) is 11.1 Å². The molecule has 4 fully saturated rings. The number of carboxylic acids is 1. The normalized spacial score (nSPS) is 27.4. The number of unbranched alkanes of at least 4 members (excludes halogenated alkanes) is 2. The van der Waals surface area contributed by atoms with Crippen molar-refractivity contribution in [1.82, 2.24) is 19.7 Å². The molecule has 2 unspecified atom stereocenters. The van der Waals surface area contributed by atoms with Crippen molar-refractivity contribution < 1.29 is 40.8 Å². The van der Waals surface area contributed by atoms with Crippen LogP contribution in [0.3, 0.4) is 0 Å². The Balaban J connectivity index is 1.28. The number of hydrogen-bond donors (Lipinski definition) is 2. The van der Waals surface area contributed by atoms with E-state index in [1.807, 2.05) is 11.6 Å². The average molecular weight is 735 g/mol. The summed E-state index contributed by atoms with van der Waals surface area (Å²) in [5.41, 5.74) is 1.64. The van der Waals surface area contributed by atoms with Crippen LogP contribution in [0.4, 0.5) is 0 Å². The molecule has 1 amide bonds. The summed E-state index contributed by atoms with van der Waals surface area (Å²) in [6.07, 6.45) is 10.3. The lowest BCUT2D eigenvalue weighted by Crippen LogP contribution is -2.64. The maximum absolute atomic E-state index is 13.2. The van der Waals surface area contributed by atoms with Crippen LogP contribution in [0.5, 0.6) is 0 Å². The van der Waals surface area contributed by atoms with Crippen LogP contribution in [0.15, 0.2) is 36.5 Å². The van der Waals surface area contributed by atoms with Gasteiger partial charge in [0.2, 0.25) is 5.91 Å². The molecule has 0 spiro atoms. The third-order valence-corrected chi connectivity index (χ3v) is 12.9. The van der Waals surface area contributed by atoms with E-state index in [2.05, 4.69) is 25.4 Å². The maximum Gasteiger partial charge on any atom is 0.355 e. The second-order valence-electron chi connectivity index (χ2n) is 15.7. The summed E-state index contributed by atoms with van der Waals surface area (Å²) in [6, 6.07) is 3.47. The molecular formula is C35H50N4O9S2. The topological polar surface area (TPSA) is 186 Å². The first kappa shape index (κ1) is 38.1. The molecule has 4 saturated carbocycles. The number of carbonyl (C=O) groups excluding carboxylic acids is 1. The van der Waals surface area contributed by atoms with Gasteiger partial charge in [-0.25, -0.2) is 18.2 Å². The highest BCUT2D eigenvalue weighted by molar-refractivity contribution is 7.94. The molecule has 4 aliphatic rings. The number of ether oxygens (including phenoxy) is 1. The van der Waals surface area contributed by atoms with E-state index < -0.39 is 37.3 Å². The van der Waals surface area contributed by atoms with Crippen LogP contribution >= 0.6 is 0 Å². The number of pyridine rings is 1. The number of nitrogens with zero attached hydrogens (tertiary/aromatic N) is 4. The average Bonchev–Trinajstić information content (AvgIpc) is 3.34. The van der Waals surface area contributed by atoms with E-state index in [0.29, 0.717) is 31.4 Å².